The van der Waals surface area contributed by atoms with Gasteiger partial charge in [-0.1, -0.05) is 18.1 Å². The molecule has 0 bridgehead atoms. The average Bonchev–Trinajstić information content (AvgIpc) is 3.85. The summed E-state index contributed by atoms with van der Waals surface area (Å²) in [6.45, 7) is 6.12. The second kappa shape index (κ2) is 17.3. The first-order valence-electron chi connectivity index (χ1n) is 18.6. The minimum absolute atomic E-state index is 0.117. The van der Waals surface area contributed by atoms with Gasteiger partial charge in [-0.25, -0.2) is 19.4 Å². The number of benzene rings is 1. The lowest BCUT2D eigenvalue weighted by Gasteiger charge is -2.35. The summed E-state index contributed by atoms with van der Waals surface area (Å²) in [6.07, 6.45) is 5.58. The Kier molecular flexibility index (Phi) is 12.5. The number of amides is 2. The molecule has 0 unspecified atom stereocenters. The quantitative estimate of drug-likeness (QED) is 0.0700. The van der Waals surface area contributed by atoms with Crippen LogP contribution in [0.15, 0.2) is 30.6 Å². The van der Waals surface area contributed by atoms with E-state index in [2.05, 4.69) is 31.5 Å². The summed E-state index contributed by atoms with van der Waals surface area (Å²) in [5, 5.41) is 5.93. The van der Waals surface area contributed by atoms with E-state index in [0.717, 1.165) is 33.1 Å². The maximum atomic E-state index is 13.9. The molecule has 19 heteroatoms. The van der Waals surface area contributed by atoms with Gasteiger partial charge < -0.3 is 39.1 Å². The number of fused-ring (bicyclic) bond motifs is 1. The van der Waals surface area contributed by atoms with Gasteiger partial charge in [0, 0.05) is 45.6 Å². The third kappa shape index (κ3) is 8.60. The molecule has 4 heterocycles. The SMILES string of the molecule is C#C[C@@]1(OC(C)=O)[C@@H](COC(Cc2ccc(N3CCCNC3=O)cc2)(C(=O)OCC)C(=O)OCC)O[C@@H](n2cnc3c(NCC4CC4)nc(Cl)nc32)[C@@H]1OC(C)=O. The Bertz CT molecular complexity index is 2030. The van der Waals surface area contributed by atoms with Crippen molar-refractivity contribution in [2.75, 3.05) is 49.7 Å². The monoisotopic (exact) mass is 809 g/mol. The number of esters is 4. The Morgan fingerprint density at radius 3 is 2.39 bits per heavy atom. The lowest BCUT2D eigenvalue weighted by Crippen LogP contribution is -2.57. The predicted octanol–water partition coefficient (Wildman–Crippen LogP) is 3.11. The van der Waals surface area contributed by atoms with E-state index < -0.39 is 66.5 Å². The number of rotatable bonds is 16. The van der Waals surface area contributed by atoms with Gasteiger partial charge in [0.2, 0.25) is 17.0 Å². The fraction of sp³-hybridized carbons (Fsp3) is 0.526. The molecular formula is C38H44ClN7O11. The first kappa shape index (κ1) is 41.1. The third-order valence-electron chi connectivity index (χ3n) is 9.69. The van der Waals surface area contributed by atoms with Crippen molar-refractivity contribution >= 4 is 64.2 Å². The normalized spacial score (nSPS) is 22.0. The summed E-state index contributed by atoms with van der Waals surface area (Å²) < 4.78 is 36.5. The first-order chi connectivity index (χ1) is 27.3. The van der Waals surface area contributed by atoms with Crippen LogP contribution in [0.25, 0.3) is 11.2 Å². The number of nitrogens with zero attached hydrogens (tertiary/aromatic N) is 5. The molecule has 4 atom stereocenters. The van der Waals surface area contributed by atoms with Crippen molar-refractivity contribution in [3.8, 4) is 12.3 Å². The molecule has 2 amide bonds. The fourth-order valence-electron chi connectivity index (χ4n) is 6.83. The maximum Gasteiger partial charge on any atom is 0.350 e. The standard InChI is InChI=1S/C38H44ClN7O11/c1-6-37(57-23(5)48)27(56-32(29(37)55-22(4)47)46-21-42-28-30(41-19-25-10-11-25)43-35(39)44-31(28)46)20-54-38(33(49)52-7-2,34(50)53-8-3)18-24-12-14-26(15-13-24)45-17-9-16-40-36(45)51/h1,12-15,21,25,27,29,32H,7-11,16-20H2,2-5H3,(H,40,51)(H,41,43,44)/t27-,29+,32-,37-/m1/s1. The Balaban J connectivity index is 1.39. The lowest BCUT2D eigenvalue weighted by molar-refractivity contribution is -0.200. The molecule has 18 nitrogen and oxygen atoms in total. The van der Waals surface area contributed by atoms with E-state index in [1.165, 1.54) is 10.9 Å². The minimum Gasteiger partial charge on any atom is -0.463 e. The van der Waals surface area contributed by atoms with Crippen LogP contribution in [0, 0.1) is 18.3 Å². The zero-order valence-corrected chi connectivity index (χ0v) is 32.7. The number of halogens is 1. The van der Waals surface area contributed by atoms with Crippen LogP contribution in [0.3, 0.4) is 0 Å². The highest BCUT2D eigenvalue weighted by Crippen LogP contribution is 2.44. The van der Waals surface area contributed by atoms with Gasteiger partial charge in [0.15, 0.2) is 23.2 Å². The molecule has 304 valence electrons. The number of aromatic nitrogens is 4. The number of nitrogens with one attached hydrogen (secondary N) is 2. The van der Waals surface area contributed by atoms with E-state index in [4.69, 9.17) is 46.4 Å². The van der Waals surface area contributed by atoms with Gasteiger partial charge in [0.05, 0.1) is 26.1 Å². The molecule has 0 radical (unpaired) electrons. The van der Waals surface area contributed by atoms with Crippen LogP contribution in [0.2, 0.25) is 5.28 Å². The van der Waals surface area contributed by atoms with E-state index in [1.807, 2.05) is 0 Å². The highest BCUT2D eigenvalue weighted by Gasteiger charge is 2.63. The number of urea groups is 1. The third-order valence-corrected chi connectivity index (χ3v) is 9.86. The second-order valence-corrected chi connectivity index (χ2v) is 14.1. The number of ether oxygens (including phenoxy) is 6. The summed E-state index contributed by atoms with van der Waals surface area (Å²) in [7, 11) is 0. The van der Waals surface area contributed by atoms with Crippen molar-refractivity contribution in [3.63, 3.8) is 0 Å². The van der Waals surface area contributed by atoms with Crippen molar-refractivity contribution in [1.29, 1.82) is 0 Å². The smallest absolute Gasteiger partial charge is 0.350 e. The number of hydrogen-bond acceptors (Lipinski definition) is 15. The largest absolute Gasteiger partial charge is 0.463 e. The van der Waals surface area contributed by atoms with Crippen LogP contribution in [-0.4, -0.2) is 112 Å². The molecule has 0 spiro atoms. The summed E-state index contributed by atoms with van der Waals surface area (Å²) >= 11 is 6.36. The molecule has 1 aromatic carbocycles. The molecule has 3 fully saturated rings. The molecule has 57 heavy (non-hydrogen) atoms. The molecule has 2 saturated heterocycles. The van der Waals surface area contributed by atoms with E-state index >= 15 is 0 Å². The van der Waals surface area contributed by atoms with E-state index in [9.17, 15) is 24.0 Å². The minimum atomic E-state index is -2.45. The van der Waals surface area contributed by atoms with E-state index in [0.29, 0.717) is 48.1 Å². The van der Waals surface area contributed by atoms with Crippen molar-refractivity contribution < 1.29 is 52.4 Å². The highest BCUT2D eigenvalue weighted by atomic mass is 35.5. The number of imidazole rings is 1. The zero-order chi connectivity index (χ0) is 40.9. The summed E-state index contributed by atoms with van der Waals surface area (Å²) in [4.78, 5) is 80.5. The summed E-state index contributed by atoms with van der Waals surface area (Å²) in [6, 6.07) is 6.39. The van der Waals surface area contributed by atoms with Crippen LogP contribution >= 0.6 is 11.6 Å². The fourth-order valence-corrected chi connectivity index (χ4v) is 6.99. The molecular weight excluding hydrogens is 766 g/mol. The Labute approximate surface area is 333 Å². The van der Waals surface area contributed by atoms with E-state index in [1.54, 1.807) is 43.0 Å². The lowest BCUT2D eigenvalue weighted by atomic mass is 9.91. The molecule has 1 aliphatic carbocycles. The Morgan fingerprint density at radius 1 is 1.09 bits per heavy atom. The van der Waals surface area contributed by atoms with E-state index in [-0.39, 0.29) is 30.2 Å². The van der Waals surface area contributed by atoms with Crippen LogP contribution in [0.1, 0.15) is 58.7 Å². The second-order valence-electron chi connectivity index (χ2n) is 13.7. The number of terminal acetylenes is 1. The van der Waals surface area contributed by atoms with Crippen molar-refractivity contribution in [2.24, 2.45) is 5.92 Å². The van der Waals surface area contributed by atoms with Gasteiger partial charge in [-0.05, 0) is 68.3 Å². The van der Waals surface area contributed by atoms with Crippen LogP contribution in [-0.2, 0) is 54.0 Å². The topological polar surface area (TPSA) is 212 Å². The van der Waals surface area contributed by atoms with Gasteiger partial charge in [-0.15, -0.1) is 6.42 Å². The molecule has 2 aromatic heterocycles. The predicted molar refractivity (Wildman–Crippen MR) is 202 cm³/mol. The molecule has 1 saturated carbocycles. The van der Waals surface area contributed by atoms with Gasteiger partial charge in [-0.3, -0.25) is 19.1 Å². The maximum absolute atomic E-state index is 13.9. The van der Waals surface area contributed by atoms with Gasteiger partial charge in [0.25, 0.3) is 5.60 Å². The number of anilines is 2. The number of carbonyl (C=O) groups is 5. The van der Waals surface area contributed by atoms with Crippen LogP contribution in [0.4, 0.5) is 16.3 Å². The number of carbonyl (C=O) groups excluding carboxylic acids is 5. The summed E-state index contributed by atoms with van der Waals surface area (Å²) in [5.74, 6) is -0.519. The van der Waals surface area contributed by atoms with Gasteiger partial charge >= 0.3 is 29.9 Å². The van der Waals surface area contributed by atoms with Gasteiger partial charge in [0.1, 0.15) is 6.10 Å². The summed E-state index contributed by atoms with van der Waals surface area (Å²) in [5.41, 5.74) is -3.12. The molecule has 2 aliphatic heterocycles. The van der Waals surface area contributed by atoms with Crippen LogP contribution < -0.4 is 15.5 Å². The Morgan fingerprint density at radius 2 is 1.79 bits per heavy atom. The van der Waals surface area contributed by atoms with Crippen LogP contribution in [0.5, 0.6) is 0 Å². The highest BCUT2D eigenvalue weighted by molar-refractivity contribution is 6.28. The number of hydrogen-bond donors (Lipinski definition) is 2. The van der Waals surface area contributed by atoms with Gasteiger partial charge in [-0.2, -0.15) is 9.97 Å². The molecule has 3 aromatic rings. The molecule has 6 rings (SSSR count). The van der Waals surface area contributed by atoms with Crippen molar-refractivity contribution in [1.82, 2.24) is 24.8 Å². The molecule has 2 N–H and O–H groups in total. The molecule has 3 aliphatic rings. The zero-order valence-electron chi connectivity index (χ0n) is 31.9. The Hall–Kier alpha value is -5.51. The van der Waals surface area contributed by atoms with Crippen molar-refractivity contribution in [2.45, 2.75) is 83.0 Å². The van der Waals surface area contributed by atoms with Crippen molar-refractivity contribution in [3.05, 3.63) is 41.4 Å². The first-order valence-corrected chi connectivity index (χ1v) is 19.0. The average molecular weight is 810 g/mol.